The van der Waals surface area contributed by atoms with Gasteiger partial charge in [0.2, 0.25) is 0 Å². The lowest BCUT2D eigenvalue weighted by Gasteiger charge is -2.13. The van der Waals surface area contributed by atoms with Crippen LogP contribution >= 0.6 is 11.6 Å². The molecule has 0 aliphatic rings. The van der Waals surface area contributed by atoms with Crippen LogP contribution in [0.2, 0.25) is 5.02 Å². The molecule has 0 unspecified atom stereocenters. The second kappa shape index (κ2) is 8.58. The van der Waals surface area contributed by atoms with E-state index in [4.69, 9.17) is 21.1 Å². The number of halogens is 1. The van der Waals surface area contributed by atoms with E-state index in [9.17, 15) is 4.79 Å². The lowest BCUT2D eigenvalue weighted by atomic mass is 10.2. The molecule has 8 heteroatoms. The summed E-state index contributed by atoms with van der Waals surface area (Å²) in [5.41, 5.74) is 1.76. The molecule has 1 heterocycles. The van der Waals surface area contributed by atoms with Crippen LogP contribution in [0.5, 0.6) is 5.75 Å². The second-order valence-electron chi connectivity index (χ2n) is 5.82. The highest BCUT2D eigenvalue weighted by Gasteiger charge is 2.12. The van der Waals surface area contributed by atoms with Gasteiger partial charge in [-0.25, -0.2) is 14.8 Å². The Bertz CT molecular complexity index is 1010. The largest absolute Gasteiger partial charge is 0.495 e. The second-order valence-corrected chi connectivity index (χ2v) is 6.23. The summed E-state index contributed by atoms with van der Waals surface area (Å²) in [5.74, 6) is 1.83. The number of methoxy groups -OCH3 is 2. The summed E-state index contributed by atoms with van der Waals surface area (Å²) in [6, 6.07) is 14.1. The molecular formula is C20H19ClN4O3. The molecule has 0 atom stereocenters. The van der Waals surface area contributed by atoms with Gasteiger partial charge in [0.05, 0.1) is 30.5 Å². The number of para-hydroxylation sites is 1. The number of benzene rings is 2. The van der Waals surface area contributed by atoms with Gasteiger partial charge in [-0.3, -0.25) is 0 Å². The van der Waals surface area contributed by atoms with Crippen LogP contribution in [0.15, 0.2) is 48.5 Å². The Balaban J connectivity index is 1.86. The van der Waals surface area contributed by atoms with Gasteiger partial charge in [0.1, 0.15) is 23.2 Å². The SMILES string of the molecule is COC(=O)c1ccccc1Nc1cc(Nc2ccc(OC)c(Cl)c2)nc(C)n1. The average molecular weight is 399 g/mol. The highest BCUT2D eigenvalue weighted by molar-refractivity contribution is 6.32. The number of nitrogens with zero attached hydrogens (tertiary/aromatic N) is 2. The van der Waals surface area contributed by atoms with Crippen LogP contribution < -0.4 is 15.4 Å². The van der Waals surface area contributed by atoms with Gasteiger partial charge in [-0.05, 0) is 37.3 Å². The maximum absolute atomic E-state index is 12.0. The summed E-state index contributed by atoms with van der Waals surface area (Å²) in [5, 5.41) is 6.82. The number of rotatable bonds is 6. The Kier molecular flexibility index (Phi) is 5.96. The molecule has 2 aromatic carbocycles. The zero-order valence-electron chi connectivity index (χ0n) is 15.6. The lowest BCUT2D eigenvalue weighted by Crippen LogP contribution is -2.07. The van der Waals surface area contributed by atoms with Crippen LogP contribution in [0, 0.1) is 6.92 Å². The van der Waals surface area contributed by atoms with E-state index in [0.29, 0.717) is 39.5 Å². The number of aromatic nitrogens is 2. The van der Waals surface area contributed by atoms with E-state index in [1.807, 2.05) is 12.1 Å². The Labute approximate surface area is 167 Å². The summed E-state index contributed by atoms with van der Waals surface area (Å²) >= 11 is 6.17. The van der Waals surface area contributed by atoms with Crippen LogP contribution in [-0.4, -0.2) is 30.2 Å². The van der Waals surface area contributed by atoms with Crippen molar-refractivity contribution in [1.29, 1.82) is 0 Å². The van der Waals surface area contributed by atoms with E-state index in [1.54, 1.807) is 50.4 Å². The maximum atomic E-state index is 12.0. The van der Waals surface area contributed by atoms with E-state index in [2.05, 4.69) is 20.6 Å². The zero-order valence-corrected chi connectivity index (χ0v) is 16.4. The van der Waals surface area contributed by atoms with Crippen LogP contribution in [0.25, 0.3) is 0 Å². The first-order valence-electron chi connectivity index (χ1n) is 8.41. The predicted molar refractivity (Wildman–Crippen MR) is 109 cm³/mol. The third kappa shape index (κ3) is 4.50. The van der Waals surface area contributed by atoms with Crippen molar-refractivity contribution in [2.75, 3.05) is 24.9 Å². The van der Waals surface area contributed by atoms with Gasteiger partial charge in [0, 0.05) is 11.8 Å². The molecule has 0 fully saturated rings. The molecule has 0 spiro atoms. The average Bonchev–Trinajstić information content (AvgIpc) is 2.67. The lowest BCUT2D eigenvalue weighted by molar-refractivity contribution is 0.0602. The summed E-state index contributed by atoms with van der Waals surface area (Å²) in [6.07, 6.45) is 0. The highest BCUT2D eigenvalue weighted by Crippen LogP contribution is 2.29. The van der Waals surface area contributed by atoms with Crippen molar-refractivity contribution in [2.24, 2.45) is 0 Å². The van der Waals surface area contributed by atoms with Gasteiger partial charge in [0.25, 0.3) is 0 Å². The minimum absolute atomic E-state index is 0.415. The molecule has 0 aliphatic heterocycles. The number of hydrogen-bond donors (Lipinski definition) is 2. The number of aryl methyl sites for hydroxylation is 1. The first-order chi connectivity index (χ1) is 13.5. The minimum atomic E-state index is -0.430. The number of nitrogens with one attached hydrogen (secondary N) is 2. The molecule has 3 rings (SSSR count). The van der Waals surface area contributed by atoms with Crippen molar-refractivity contribution in [1.82, 2.24) is 9.97 Å². The molecule has 1 aromatic heterocycles. The molecule has 0 radical (unpaired) electrons. The molecule has 7 nitrogen and oxygen atoms in total. The van der Waals surface area contributed by atoms with Gasteiger partial charge in [-0.15, -0.1) is 0 Å². The molecule has 0 saturated carbocycles. The summed E-state index contributed by atoms with van der Waals surface area (Å²) in [6.45, 7) is 1.78. The van der Waals surface area contributed by atoms with Crippen LogP contribution in [0.4, 0.5) is 23.0 Å². The summed E-state index contributed by atoms with van der Waals surface area (Å²) < 4.78 is 9.99. The molecule has 28 heavy (non-hydrogen) atoms. The van der Waals surface area contributed by atoms with Crippen LogP contribution in [-0.2, 0) is 4.74 Å². The number of ether oxygens (including phenoxy) is 2. The van der Waals surface area contributed by atoms with Crippen molar-refractivity contribution in [3.05, 3.63) is 64.9 Å². The summed E-state index contributed by atoms with van der Waals surface area (Å²) in [7, 11) is 2.90. The fourth-order valence-corrected chi connectivity index (χ4v) is 2.86. The smallest absolute Gasteiger partial charge is 0.339 e. The standard InChI is InChI=1S/C20H19ClN4O3/c1-12-22-18(24-13-8-9-17(27-2)15(21)10-13)11-19(23-12)25-16-7-5-4-6-14(16)20(26)28-3/h4-11H,1-3H3,(H2,22,23,24,25). The normalized spacial score (nSPS) is 10.3. The van der Waals surface area contributed by atoms with Gasteiger partial charge >= 0.3 is 5.97 Å². The first kappa shape index (κ1) is 19.4. The van der Waals surface area contributed by atoms with Crippen molar-refractivity contribution < 1.29 is 14.3 Å². The number of hydrogen-bond acceptors (Lipinski definition) is 7. The molecule has 144 valence electrons. The van der Waals surface area contributed by atoms with E-state index >= 15 is 0 Å². The predicted octanol–water partition coefficient (Wildman–Crippen LogP) is 4.72. The number of carbonyl (C=O) groups is 1. The van der Waals surface area contributed by atoms with E-state index in [-0.39, 0.29) is 0 Å². The van der Waals surface area contributed by atoms with Gasteiger partial charge < -0.3 is 20.1 Å². The number of anilines is 4. The Morgan fingerprint density at radius 2 is 1.71 bits per heavy atom. The highest BCUT2D eigenvalue weighted by atomic mass is 35.5. The monoisotopic (exact) mass is 398 g/mol. The van der Waals surface area contributed by atoms with Gasteiger partial charge in [-0.2, -0.15) is 0 Å². The van der Waals surface area contributed by atoms with E-state index in [1.165, 1.54) is 7.11 Å². The molecule has 0 aliphatic carbocycles. The van der Waals surface area contributed by atoms with E-state index in [0.717, 1.165) is 5.69 Å². The zero-order chi connectivity index (χ0) is 20.1. The van der Waals surface area contributed by atoms with Crippen molar-refractivity contribution in [3.63, 3.8) is 0 Å². The summed E-state index contributed by atoms with van der Waals surface area (Å²) in [4.78, 5) is 20.7. The first-order valence-corrected chi connectivity index (χ1v) is 8.78. The topological polar surface area (TPSA) is 85.4 Å². The number of carbonyl (C=O) groups excluding carboxylic acids is 1. The van der Waals surface area contributed by atoms with E-state index < -0.39 is 5.97 Å². The number of esters is 1. The fourth-order valence-electron chi connectivity index (χ4n) is 2.61. The Hall–Kier alpha value is -3.32. The minimum Gasteiger partial charge on any atom is -0.495 e. The third-order valence-corrected chi connectivity index (χ3v) is 4.15. The Morgan fingerprint density at radius 3 is 2.39 bits per heavy atom. The van der Waals surface area contributed by atoms with Crippen molar-refractivity contribution in [2.45, 2.75) is 6.92 Å². The molecule has 0 amide bonds. The molecule has 0 bridgehead atoms. The maximum Gasteiger partial charge on any atom is 0.339 e. The van der Waals surface area contributed by atoms with Crippen molar-refractivity contribution >= 4 is 40.6 Å². The molecule has 0 saturated heterocycles. The molecule has 3 aromatic rings. The Morgan fingerprint density at radius 1 is 1.00 bits per heavy atom. The quantitative estimate of drug-likeness (QED) is 0.581. The van der Waals surface area contributed by atoms with Gasteiger partial charge in [0.15, 0.2) is 0 Å². The fraction of sp³-hybridized carbons (Fsp3) is 0.150. The van der Waals surface area contributed by atoms with Crippen LogP contribution in [0.3, 0.4) is 0 Å². The van der Waals surface area contributed by atoms with Crippen molar-refractivity contribution in [3.8, 4) is 5.75 Å². The third-order valence-electron chi connectivity index (χ3n) is 3.86. The molecule has 2 N–H and O–H groups in total. The van der Waals surface area contributed by atoms with Crippen LogP contribution in [0.1, 0.15) is 16.2 Å². The molecular weight excluding hydrogens is 380 g/mol. The van der Waals surface area contributed by atoms with Gasteiger partial charge in [-0.1, -0.05) is 23.7 Å².